The summed E-state index contributed by atoms with van der Waals surface area (Å²) in [5.41, 5.74) is 7.83. The summed E-state index contributed by atoms with van der Waals surface area (Å²) in [6.45, 7) is 4.00. The van der Waals surface area contributed by atoms with Gasteiger partial charge < -0.3 is 5.73 Å². The Balaban J connectivity index is 2.15. The van der Waals surface area contributed by atoms with E-state index in [9.17, 15) is 4.79 Å². The van der Waals surface area contributed by atoms with E-state index in [1.807, 2.05) is 36.7 Å². The maximum atomic E-state index is 12.0. The molecule has 0 radical (unpaired) electrons. The summed E-state index contributed by atoms with van der Waals surface area (Å²) in [4.78, 5) is 12.0. The molecule has 4 heteroatoms. The predicted molar refractivity (Wildman–Crippen MR) is 72.4 cm³/mol. The average molecular weight is 245 g/mol. The smallest absolute Gasteiger partial charge is 0.326 e. The molecule has 18 heavy (non-hydrogen) atoms. The van der Waals surface area contributed by atoms with Crippen LogP contribution < -0.4 is 11.4 Å². The van der Waals surface area contributed by atoms with Gasteiger partial charge in [-0.1, -0.05) is 31.2 Å². The quantitative estimate of drug-likeness (QED) is 0.869. The molecule has 0 bridgehead atoms. The maximum Gasteiger partial charge on any atom is 0.328 e. The minimum absolute atomic E-state index is 0.0553. The Hall–Kier alpha value is -1.81. The van der Waals surface area contributed by atoms with Gasteiger partial charge in [0.2, 0.25) is 0 Å². The van der Waals surface area contributed by atoms with Crippen LogP contribution in [0.1, 0.15) is 24.5 Å². The first-order valence-electron chi connectivity index (χ1n) is 6.28. The summed E-state index contributed by atoms with van der Waals surface area (Å²) in [7, 11) is 0. The van der Waals surface area contributed by atoms with Crippen molar-refractivity contribution in [2.45, 2.75) is 33.0 Å². The molecule has 1 heterocycles. The first kappa shape index (κ1) is 12.6. The normalized spacial score (nSPS) is 10.8. The molecule has 0 aliphatic carbocycles. The largest absolute Gasteiger partial charge is 0.328 e. The second-order valence-corrected chi connectivity index (χ2v) is 4.42. The van der Waals surface area contributed by atoms with E-state index in [-0.39, 0.29) is 5.69 Å². The van der Waals surface area contributed by atoms with Crippen LogP contribution in [0.2, 0.25) is 0 Å². The van der Waals surface area contributed by atoms with Gasteiger partial charge in [-0.2, -0.15) is 0 Å². The minimum atomic E-state index is 0.0553. The molecule has 0 fully saturated rings. The highest BCUT2D eigenvalue weighted by Crippen LogP contribution is 2.05. The van der Waals surface area contributed by atoms with Crippen LogP contribution in [-0.2, 0) is 19.6 Å². The molecule has 4 nitrogen and oxygen atoms in total. The third-order valence-electron chi connectivity index (χ3n) is 2.99. The molecule has 2 aromatic rings. The van der Waals surface area contributed by atoms with Crippen LogP contribution in [0.3, 0.4) is 0 Å². The molecular weight excluding hydrogens is 226 g/mol. The molecule has 0 saturated carbocycles. The molecule has 0 amide bonds. The number of aryl methyl sites for hydroxylation is 1. The van der Waals surface area contributed by atoms with Gasteiger partial charge in [-0.05, 0) is 17.5 Å². The standard InChI is InChI=1S/C14H19N3O/c1-2-7-16-8-9-17(14(16)18)11-13-5-3-12(10-15)4-6-13/h3-6,8-9H,2,7,10-11,15H2,1H3. The van der Waals surface area contributed by atoms with Crippen LogP contribution in [0, 0.1) is 0 Å². The van der Waals surface area contributed by atoms with Crippen LogP contribution in [0.4, 0.5) is 0 Å². The maximum absolute atomic E-state index is 12.0. The van der Waals surface area contributed by atoms with E-state index >= 15 is 0 Å². The number of hydrogen-bond acceptors (Lipinski definition) is 2. The summed E-state index contributed by atoms with van der Waals surface area (Å²) in [6, 6.07) is 8.05. The van der Waals surface area contributed by atoms with Crippen LogP contribution >= 0.6 is 0 Å². The zero-order valence-electron chi connectivity index (χ0n) is 10.7. The fourth-order valence-electron chi connectivity index (χ4n) is 1.96. The Kier molecular flexibility index (Phi) is 3.99. The van der Waals surface area contributed by atoms with Crippen molar-refractivity contribution in [2.75, 3.05) is 0 Å². The molecule has 0 spiro atoms. The number of rotatable bonds is 5. The van der Waals surface area contributed by atoms with E-state index in [0.29, 0.717) is 13.1 Å². The first-order chi connectivity index (χ1) is 8.74. The van der Waals surface area contributed by atoms with E-state index in [2.05, 4.69) is 6.92 Å². The SMILES string of the molecule is CCCn1ccn(Cc2ccc(CN)cc2)c1=O. The van der Waals surface area contributed by atoms with Gasteiger partial charge >= 0.3 is 5.69 Å². The van der Waals surface area contributed by atoms with Crippen LogP contribution in [0.15, 0.2) is 41.5 Å². The topological polar surface area (TPSA) is 52.9 Å². The lowest BCUT2D eigenvalue weighted by Crippen LogP contribution is -2.24. The van der Waals surface area contributed by atoms with Crippen molar-refractivity contribution in [1.82, 2.24) is 9.13 Å². The van der Waals surface area contributed by atoms with Crippen LogP contribution in [0.5, 0.6) is 0 Å². The Bertz CT molecular complexity index is 551. The molecular formula is C14H19N3O. The lowest BCUT2D eigenvalue weighted by molar-refractivity contribution is 0.624. The molecule has 1 aromatic carbocycles. The molecule has 1 aromatic heterocycles. The Labute approximate surface area is 107 Å². The van der Waals surface area contributed by atoms with Crippen molar-refractivity contribution in [1.29, 1.82) is 0 Å². The van der Waals surface area contributed by atoms with Gasteiger partial charge in [0.05, 0.1) is 6.54 Å². The highest BCUT2D eigenvalue weighted by molar-refractivity contribution is 5.22. The number of hydrogen-bond donors (Lipinski definition) is 1. The molecule has 0 unspecified atom stereocenters. The van der Waals surface area contributed by atoms with Gasteiger partial charge in [0, 0.05) is 25.5 Å². The Morgan fingerprint density at radius 1 is 1.06 bits per heavy atom. The third kappa shape index (κ3) is 2.71. The van der Waals surface area contributed by atoms with Crippen LogP contribution in [-0.4, -0.2) is 9.13 Å². The minimum Gasteiger partial charge on any atom is -0.326 e. The molecule has 0 aliphatic rings. The van der Waals surface area contributed by atoms with Crippen molar-refractivity contribution < 1.29 is 0 Å². The zero-order chi connectivity index (χ0) is 13.0. The first-order valence-corrected chi connectivity index (χ1v) is 6.28. The summed E-state index contributed by atoms with van der Waals surface area (Å²) in [5, 5.41) is 0. The highest BCUT2D eigenvalue weighted by Gasteiger charge is 2.03. The summed E-state index contributed by atoms with van der Waals surface area (Å²) >= 11 is 0. The average Bonchev–Trinajstić information content (AvgIpc) is 2.73. The lowest BCUT2D eigenvalue weighted by atomic mass is 10.1. The second-order valence-electron chi connectivity index (χ2n) is 4.42. The lowest BCUT2D eigenvalue weighted by Gasteiger charge is -2.03. The van der Waals surface area contributed by atoms with E-state index in [0.717, 1.165) is 24.1 Å². The number of imidazole rings is 1. The van der Waals surface area contributed by atoms with Crippen LogP contribution in [0.25, 0.3) is 0 Å². The van der Waals surface area contributed by atoms with E-state index in [4.69, 9.17) is 5.73 Å². The molecule has 96 valence electrons. The number of benzene rings is 1. The molecule has 0 aliphatic heterocycles. The predicted octanol–water partition coefficient (Wildman–Crippen LogP) is 1.57. The summed E-state index contributed by atoms with van der Waals surface area (Å²) < 4.78 is 3.47. The van der Waals surface area contributed by atoms with Crippen molar-refractivity contribution in [2.24, 2.45) is 5.73 Å². The second kappa shape index (κ2) is 5.69. The molecule has 2 N–H and O–H groups in total. The van der Waals surface area contributed by atoms with Gasteiger partial charge in [0.1, 0.15) is 0 Å². The number of nitrogens with zero attached hydrogens (tertiary/aromatic N) is 2. The van der Waals surface area contributed by atoms with E-state index in [1.54, 1.807) is 9.13 Å². The van der Waals surface area contributed by atoms with E-state index < -0.39 is 0 Å². The molecule has 2 rings (SSSR count). The fourth-order valence-corrected chi connectivity index (χ4v) is 1.96. The molecule has 0 saturated heterocycles. The third-order valence-corrected chi connectivity index (χ3v) is 2.99. The Morgan fingerprint density at radius 3 is 2.28 bits per heavy atom. The summed E-state index contributed by atoms with van der Waals surface area (Å²) in [5.74, 6) is 0. The monoisotopic (exact) mass is 245 g/mol. The van der Waals surface area contributed by atoms with Gasteiger partial charge in [0.15, 0.2) is 0 Å². The van der Waals surface area contributed by atoms with E-state index in [1.165, 1.54) is 0 Å². The van der Waals surface area contributed by atoms with Crippen molar-refractivity contribution in [3.63, 3.8) is 0 Å². The van der Waals surface area contributed by atoms with Crippen molar-refractivity contribution in [3.05, 3.63) is 58.3 Å². The highest BCUT2D eigenvalue weighted by atomic mass is 16.1. The number of nitrogens with two attached hydrogens (primary N) is 1. The molecule has 0 atom stereocenters. The van der Waals surface area contributed by atoms with Gasteiger partial charge in [-0.15, -0.1) is 0 Å². The Morgan fingerprint density at radius 2 is 1.67 bits per heavy atom. The van der Waals surface area contributed by atoms with Gasteiger partial charge in [-0.3, -0.25) is 9.13 Å². The number of aromatic nitrogens is 2. The van der Waals surface area contributed by atoms with Crippen molar-refractivity contribution in [3.8, 4) is 0 Å². The summed E-state index contributed by atoms with van der Waals surface area (Å²) in [6.07, 6.45) is 4.66. The van der Waals surface area contributed by atoms with Gasteiger partial charge in [0.25, 0.3) is 0 Å². The van der Waals surface area contributed by atoms with Gasteiger partial charge in [-0.25, -0.2) is 4.79 Å². The zero-order valence-corrected chi connectivity index (χ0v) is 10.7. The van der Waals surface area contributed by atoms with Crippen molar-refractivity contribution >= 4 is 0 Å². The fraction of sp³-hybridized carbons (Fsp3) is 0.357.